The third-order valence-corrected chi connectivity index (χ3v) is 6.13. The van der Waals surface area contributed by atoms with Crippen molar-refractivity contribution in [3.63, 3.8) is 0 Å². The molecule has 1 atom stereocenters. The SMILES string of the molecule is O=C(NCc1ccc(Cl)cc1)N1CCN([C@@H](c2ccccc2)c2ccc(Cl)cc2)CC1. The first-order valence-corrected chi connectivity index (χ1v) is 11.2. The largest absolute Gasteiger partial charge is 0.334 e. The van der Waals surface area contributed by atoms with Crippen LogP contribution in [0.2, 0.25) is 10.0 Å². The average Bonchev–Trinajstić information content (AvgIpc) is 2.81. The van der Waals surface area contributed by atoms with Crippen LogP contribution in [0.3, 0.4) is 0 Å². The van der Waals surface area contributed by atoms with Crippen LogP contribution in [0, 0.1) is 0 Å². The number of nitrogens with one attached hydrogen (secondary N) is 1. The van der Waals surface area contributed by atoms with Gasteiger partial charge in [0.25, 0.3) is 0 Å². The maximum absolute atomic E-state index is 12.6. The molecular weight excluding hydrogens is 429 g/mol. The molecule has 1 fully saturated rings. The summed E-state index contributed by atoms with van der Waals surface area (Å²) in [4.78, 5) is 17.0. The smallest absolute Gasteiger partial charge is 0.317 e. The Hall–Kier alpha value is -2.53. The fourth-order valence-corrected chi connectivity index (χ4v) is 4.22. The molecule has 6 heteroatoms. The molecule has 0 aliphatic carbocycles. The Morgan fingerprint density at radius 2 is 1.32 bits per heavy atom. The van der Waals surface area contributed by atoms with E-state index < -0.39 is 0 Å². The summed E-state index contributed by atoms with van der Waals surface area (Å²) in [7, 11) is 0. The van der Waals surface area contributed by atoms with Gasteiger partial charge in [0.2, 0.25) is 0 Å². The number of carbonyl (C=O) groups is 1. The summed E-state index contributed by atoms with van der Waals surface area (Å²) >= 11 is 12.0. The van der Waals surface area contributed by atoms with Crippen molar-refractivity contribution in [3.05, 3.63) is 106 Å². The lowest BCUT2D eigenvalue weighted by molar-refractivity contribution is 0.120. The molecular formula is C25H25Cl2N3O. The number of urea groups is 1. The van der Waals surface area contributed by atoms with Crippen LogP contribution in [0.5, 0.6) is 0 Å². The second-order valence-electron chi connectivity index (χ2n) is 7.67. The molecule has 0 bridgehead atoms. The van der Waals surface area contributed by atoms with Crippen molar-refractivity contribution in [3.8, 4) is 0 Å². The Morgan fingerprint density at radius 3 is 1.94 bits per heavy atom. The average molecular weight is 454 g/mol. The van der Waals surface area contributed by atoms with Crippen molar-refractivity contribution < 1.29 is 4.79 Å². The van der Waals surface area contributed by atoms with Crippen molar-refractivity contribution in [2.75, 3.05) is 26.2 Å². The van der Waals surface area contributed by atoms with Crippen molar-refractivity contribution in [2.24, 2.45) is 0 Å². The van der Waals surface area contributed by atoms with Crippen molar-refractivity contribution in [2.45, 2.75) is 12.6 Å². The van der Waals surface area contributed by atoms with Crippen molar-refractivity contribution in [1.82, 2.24) is 15.1 Å². The maximum Gasteiger partial charge on any atom is 0.317 e. The number of benzene rings is 3. The molecule has 31 heavy (non-hydrogen) atoms. The van der Waals surface area contributed by atoms with E-state index in [0.29, 0.717) is 24.7 Å². The minimum atomic E-state index is -0.0302. The zero-order chi connectivity index (χ0) is 21.6. The highest BCUT2D eigenvalue weighted by molar-refractivity contribution is 6.30. The quantitative estimate of drug-likeness (QED) is 0.544. The molecule has 3 aromatic rings. The van der Waals surface area contributed by atoms with Crippen LogP contribution in [0.25, 0.3) is 0 Å². The molecule has 1 saturated heterocycles. The molecule has 0 unspecified atom stereocenters. The number of hydrogen-bond acceptors (Lipinski definition) is 2. The van der Waals surface area contributed by atoms with Gasteiger partial charge in [-0.15, -0.1) is 0 Å². The van der Waals surface area contributed by atoms with E-state index in [1.807, 2.05) is 47.4 Å². The molecule has 1 aliphatic heterocycles. The predicted molar refractivity (Wildman–Crippen MR) is 127 cm³/mol. The third-order valence-electron chi connectivity index (χ3n) is 5.62. The maximum atomic E-state index is 12.6. The van der Waals surface area contributed by atoms with Gasteiger partial charge in [-0.05, 0) is 41.0 Å². The second-order valence-corrected chi connectivity index (χ2v) is 8.55. The Bertz CT molecular complexity index is 986. The lowest BCUT2D eigenvalue weighted by Gasteiger charge is -2.39. The molecule has 4 nitrogen and oxygen atoms in total. The fraction of sp³-hybridized carbons (Fsp3) is 0.240. The second kappa shape index (κ2) is 10.2. The van der Waals surface area contributed by atoms with Crippen LogP contribution < -0.4 is 5.32 Å². The molecule has 160 valence electrons. The van der Waals surface area contributed by atoms with Crippen molar-refractivity contribution in [1.29, 1.82) is 0 Å². The molecule has 0 saturated carbocycles. The number of amides is 2. The van der Waals surface area contributed by atoms with Gasteiger partial charge in [0.1, 0.15) is 0 Å². The molecule has 0 spiro atoms. The van der Waals surface area contributed by atoms with Crippen LogP contribution in [-0.2, 0) is 6.54 Å². The number of piperazine rings is 1. The van der Waals surface area contributed by atoms with E-state index >= 15 is 0 Å². The Balaban J connectivity index is 1.40. The summed E-state index contributed by atoms with van der Waals surface area (Å²) < 4.78 is 0. The molecule has 4 rings (SSSR count). The summed E-state index contributed by atoms with van der Waals surface area (Å²) in [5.41, 5.74) is 3.48. The van der Waals surface area contributed by atoms with Gasteiger partial charge in [0.15, 0.2) is 0 Å². The summed E-state index contributed by atoms with van der Waals surface area (Å²) in [6.07, 6.45) is 0. The molecule has 0 aromatic heterocycles. The van der Waals surface area contributed by atoms with E-state index in [-0.39, 0.29) is 12.1 Å². The summed E-state index contributed by atoms with van der Waals surface area (Å²) in [6.45, 7) is 3.47. The summed E-state index contributed by atoms with van der Waals surface area (Å²) in [5, 5.41) is 4.44. The first kappa shape index (κ1) is 21.7. The Labute approximate surface area is 193 Å². The third kappa shape index (κ3) is 5.59. The topological polar surface area (TPSA) is 35.6 Å². The van der Waals surface area contributed by atoms with E-state index in [1.54, 1.807) is 0 Å². The fourth-order valence-electron chi connectivity index (χ4n) is 3.97. The summed E-state index contributed by atoms with van der Waals surface area (Å²) in [6, 6.07) is 26.2. The van der Waals surface area contributed by atoms with Crippen LogP contribution in [-0.4, -0.2) is 42.0 Å². The van der Waals surface area contributed by atoms with Crippen LogP contribution in [0.4, 0.5) is 4.79 Å². The van der Waals surface area contributed by atoms with Gasteiger partial charge in [0, 0.05) is 42.8 Å². The van der Waals surface area contributed by atoms with Crippen LogP contribution >= 0.6 is 23.2 Å². The zero-order valence-electron chi connectivity index (χ0n) is 17.2. The molecule has 1 heterocycles. The van der Waals surface area contributed by atoms with E-state index in [2.05, 4.69) is 46.6 Å². The Kier molecular flexibility index (Phi) is 7.13. The zero-order valence-corrected chi connectivity index (χ0v) is 18.7. The number of halogens is 2. The van der Waals surface area contributed by atoms with Gasteiger partial charge in [-0.1, -0.05) is 77.8 Å². The first-order chi connectivity index (χ1) is 15.1. The number of carbonyl (C=O) groups excluding carboxylic acids is 1. The highest BCUT2D eigenvalue weighted by atomic mass is 35.5. The number of hydrogen-bond donors (Lipinski definition) is 1. The highest BCUT2D eigenvalue weighted by Gasteiger charge is 2.28. The van der Waals surface area contributed by atoms with E-state index in [9.17, 15) is 4.79 Å². The minimum Gasteiger partial charge on any atom is -0.334 e. The standard InChI is InChI=1S/C25H25Cl2N3O/c26-22-10-6-19(7-11-22)18-28-25(31)30-16-14-29(15-17-30)24(20-4-2-1-3-5-20)21-8-12-23(27)13-9-21/h1-13,24H,14-18H2,(H,28,31)/t24-/m0/s1. The van der Waals surface area contributed by atoms with Gasteiger partial charge in [-0.2, -0.15) is 0 Å². The number of nitrogens with zero attached hydrogens (tertiary/aromatic N) is 2. The van der Waals surface area contributed by atoms with E-state index in [4.69, 9.17) is 23.2 Å². The van der Waals surface area contributed by atoms with Gasteiger partial charge in [-0.25, -0.2) is 4.79 Å². The minimum absolute atomic E-state index is 0.0302. The Morgan fingerprint density at radius 1 is 0.774 bits per heavy atom. The van der Waals surface area contributed by atoms with Crippen LogP contribution in [0.1, 0.15) is 22.7 Å². The molecule has 1 N–H and O–H groups in total. The molecule has 3 aromatic carbocycles. The monoisotopic (exact) mass is 453 g/mol. The molecule has 0 radical (unpaired) electrons. The van der Waals surface area contributed by atoms with Crippen LogP contribution in [0.15, 0.2) is 78.9 Å². The van der Waals surface area contributed by atoms with Crippen molar-refractivity contribution >= 4 is 29.2 Å². The van der Waals surface area contributed by atoms with Gasteiger partial charge in [0.05, 0.1) is 6.04 Å². The van der Waals surface area contributed by atoms with Gasteiger partial charge in [-0.3, -0.25) is 4.90 Å². The first-order valence-electron chi connectivity index (χ1n) is 10.4. The van der Waals surface area contributed by atoms with E-state index in [0.717, 1.165) is 23.7 Å². The highest BCUT2D eigenvalue weighted by Crippen LogP contribution is 2.30. The number of rotatable bonds is 5. The van der Waals surface area contributed by atoms with Gasteiger partial charge < -0.3 is 10.2 Å². The molecule has 2 amide bonds. The predicted octanol–water partition coefficient (Wildman–Crippen LogP) is 5.61. The summed E-state index contributed by atoms with van der Waals surface area (Å²) in [5.74, 6) is 0. The van der Waals surface area contributed by atoms with E-state index in [1.165, 1.54) is 11.1 Å². The molecule has 1 aliphatic rings. The lowest BCUT2D eigenvalue weighted by Crippen LogP contribution is -2.52. The lowest BCUT2D eigenvalue weighted by atomic mass is 9.96. The van der Waals surface area contributed by atoms with Gasteiger partial charge >= 0.3 is 6.03 Å². The normalized spacial score (nSPS) is 15.5.